The van der Waals surface area contributed by atoms with Crippen LogP contribution in [0.15, 0.2) is 29.3 Å². The third kappa shape index (κ3) is 4.37. The minimum Gasteiger partial charge on any atom is -0.337 e. The summed E-state index contributed by atoms with van der Waals surface area (Å²) in [6.07, 6.45) is 4.72. The van der Waals surface area contributed by atoms with Crippen LogP contribution in [-0.4, -0.2) is 65.2 Å². The smallest absolute Gasteiger partial charge is 0.276 e. The summed E-state index contributed by atoms with van der Waals surface area (Å²) in [6, 6.07) is 4.82. The van der Waals surface area contributed by atoms with E-state index in [-0.39, 0.29) is 29.6 Å². The van der Waals surface area contributed by atoms with E-state index >= 15 is 0 Å². The number of hydrogen-bond acceptors (Lipinski definition) is 5. The van der Waals surface area contributed by atoms with Crippen LogP contribution in [0.5, 0.6) is 0 Å². The molecule has 2 heterocycles. The fraction of sp³-hybridized carbons (Fsp3) is 0.500. The second-order valence-corrected chi connectivity index (χ2v) is 9.33. The molecule has 28 heavy (non-hydrogen) atoms. The Morgan fingerprint density at radius 3 is 2.68 bits per heavy atom. The van der Waals surface area contributed by atoms with Gasteiger partial charge in [0.05, 0.1) is 17.6 Å². The lowest BCUT2D eigenvalue weighted by Gasteiger charge is -2.25. The molecule has 0 bridgehead atoms. The molecule has 0 atom stereocenters. The lowest BCUT2D eigenvalue weighted by atomic mass is 10.1. The molecule has 0 aliphatic carbocycles. The molecule has 8 nitrogen and oxygen atoms in total. The van der Waals surface area contributed by atoms with Crippen molar-refractivity contribution in [3.63, 3.8) is 0 Å². The lowest BCUT2D eigenvalue weighted by molar-refractivity contribution is 0.0718. The molecular weight excluding hydrogens is 402 g/mol. The van der Waals surface area contributed by atoms with Gasteiger partial charge in [0.2, 0.25) is 10.0 Å². The molecule has 3 rings (SSSR count). The molecule has 1 aromatic carbocycles. The van der Waals surface area contributed by atoms with Gasteiger partial charge in [-0.1, -0.05) is 22.9 Å². The molecule has 1 fully saturated rings. The van der Waals surface area contributed by atoms with E-state index in [1.54, 1.807) is 30.2 Å². The van der Waals surface area contributed by atoms with Crippen molar-refractivity contribution in [2.45, 2.75) is 37.6 Å². The van der Waals surface area contributed by atoms with Crippen molar-refractivity contribution >= 4 is 27.5 Å². The van der Waals surface area contributed by atoms with Crippen LogP contribution in [0.2, 0.25) is 5.02 Å². The monoisotopic (exact) mass is 425 g/mol. The minimum atomic E-state index is -3.68. The van der Waals surface area contributed by atoms with Gasteiger partial charge < -0.3 is 4.90 Å². The van der Waals surface area contributed by atoms with Gasteiger partial charge in [0.15, 0.2) is 5.69 Å². The molecule has 0 unspecified atom stereocenters. The average molecular weight is 426 g/mol. The van der Waals surface area contributed by atoms with E-state index in [0.29, 0.717) is 10.6 Å². The Hall–Kier alpha value is -1.97. The minimum absolute atomic E-state index is 0.124. The fourth-order valence-corrected chi connectivity index (χ4v) is 4.80. The summed E-state index contributed by atoms with van der Waals surface area (Å²) in [7, 11) is -2.17. The van der Waals surface area contributed by atoms with E-state index < -0.39 is 10.0 Å². The van der Waals surface area contributed by atoms with Crippen LogP contribution in [-0.2, 0) is 16.6 Å². The van der Waals surface area contributed by atoms with Crippen LogP contribution < -0.4 is 0 Å². The van der Waals surface area contributed by atoms with Crippen LogP contribution >= 0.6 is 11.6 Å². The number of likely N-dealkylation sites (tertiary alicyclic amines) is 1. The highest BCUT2D eigenvalue weighted by molar-refractivity contribution is 7.89. The maximum atomic E-state index is 12.8. The van der Waals surface area contributed by atoms with Crippen LogP contribution in [0.1, 0.15) is 35.3 Å². The summed E-state index contributed by atoms with van der Waals surface area (Å²) in [5.41, 5.74) is 0.810. The average Bonchev–Trinajstić information content (AvgIpc) is 3.17. The Bertz CT molecular complexity index is 954. The quantitative estimate of drug-likeness (QED) is 0.707. The number of sulfonamides is 1. The van der Waals surface area contributed by atoms with Crippen molar-refractivity contribution in [3.8, 4) is 0 Å². The lowest BCUT2D eigenvalue weighted by Crippen LogP contribution is -2.35. The Labute approximate surface area is 170 Å². The van der Waals surface area contributed by atoms with Gasteiger partial charge in [0, 0.05) is 31.7 Å². The van der Waals surface area contributed by atoms with E-state index in [1.807, 2.05) is 0 Å². The second-order valence-electron chi connectivity index (χ2n) is 6.91. The Balaban J connectivity index is 1.64. The first-order valence-electron chi connectivity index (χ1n) is 9.21. The second kappa shape index (κ2) is 8.59. The number of amides is 1. The first-order chi connectivity index (χ1) is 13.3. The summed E-state index contributed by atoms with van der Waals surface area (Å²) in [4.78, 5) is 14.4. The van der Waals surface area contributed by atoms with Crippen molar-refractivity contribution < 1.29 is 13.2 Å². The van der Waals surface area contributed by atoms with E-state index in [1.165, 1.54) is 22.1 Å². The number of carbonyl (C=O) groups is 1. The highest BCUT2D eigenvalue weighted by Crippen LogP contribution is 2.24. The molecule has 0 saturated carbocycles. The number of likely N-dealkylation sites (N-methyl/N-ethyl adjacent to an activating group) is 1. The number of piperidine rings is 1. The maximum Gasteiger partial charge on any atom is 0.276 e. The highest BCUT2D eigenvalue weighted by Gasteiger charge is 2.24. The van der Waals surface area contributed by atoms with E-state index in [9.17, 15) is 13.2 Å². The number of benzene rings is 1. The number of nitrogens with zero attached hydrogens (tertiary/aromatic N) is 5. The van der Waals surface area contributed by atoms with E-state index in [0.717, 1.165) is 32.4 Å². The number of carbonyl (C=O) groups excluding carboxylic acids is 1. The van der Waals surface area contributed by atoms with Gasteiger partial charge in [-0.05, 0) is 43.9 Å². The SMILES string of the molecule is Cc1c(Cl)cccc1S(=O)(=O)N(C)CCn1cc(C(=O)N2CCCCC2)nn1. The zero-order chi connectivity index (χ0) is 20.3. The predicted octanol–water partition coefficient (Wildman–Crippen LogP) is 2.19. The molecule has 0 spiro atoms. The summed E-state index contributed by atoms with van der Waals surface area (Å²) >= 11 is 6.05. The molecule has 1 aliphatic heterocycles. The van der Waals surface area contributed by atoms with Gasteiger partial charge in [-0.3, -0.25) is 9.48 Å². The highest BCUT2D eigenvalue weighted by atomic mass is 35.5. The Kier molecular flexibility index (Phi) is 6.36. The van der Waals surface area contributed by atoms with Crippen molar-refractivity contribution in [1.29, 1.82) is 0 Å². The van der Waals surface area contributed by atoms with Crippen molar-refractivity contribution in [1.82, 2.24) is 24.2 Å². The summed E-state index contributed by atoms with van der Waals surface area (Å²) in [5, 5.41) is 8.33. The van der Waals surface area contributed by atoms with E-state index in [2.05, 4.69) is 10.3 Å². The number of hydrogen-bond donors (Lipinski definition) is 0. The first-order valence-corrected chi connectivity index (χ1v) is 11.0. The first kappa shape index (κ1) is 20.8. The summed E-state index contributed by atoms with van der Waals surface area (Å²) < 4.78 is 28.4. The van der Waals surface area contributed by atoms with Gasteiger partial charge in [-0.2, -0.15) is 4.31 Å². The van der Waals surface area contributed by atoms with Gasteiger partial charge in [0.1, 0.15) is 0 Å². The summed E-state index contributed by atoms with van der Waals surface area (Å²) in [5.74, 6) is -0.124. The predicted molar refractivity (Wildman–Crippen MR) is 106 cm³/mol. The largest absolute Gasteiger partial charge is 0.337 e. The van der Waals surface area contributed by atoms with Crippen LogP contribution in [0.4, 0.5) is 0 Å². The van der Waals surface area contributed by atoms with Gasteiger partial charge in [0.25, 0.3) is 5.91 Å². The topological polar surface area (TPSA) is 88.4 Å². The van der Waals surface area contributed by atoms with Gasteiger partial charge in [-0.15, -0.1) is 5.10 Å². The molecule has 1 aliphatic rings. The molecule has 2 aromatic rings. The molecule has 1 amide bonds. The van der Waals surface area contributed by atoms with Gasteiger partial charge in [-0.25, -0.2) is 8.42 Å². The van der Waals surface area contributed by atoms with Crippen molar-refractivity contribution in [2.24, 2.45) is 0 Å². The Morgan fingerprint density at radius 1 is 1.25 bits per heavy atom. The van der Waals surface area contributed by atoms with Gasteiger partial charge >= 0.3 is 0 Å². The van der Waals surface area contributed by atoms with Crippen LogP contribution in [0, 0.1) is 6.92 Å². The zero-order valence-electron chi connectivity index (χ0n) is 16.0. The fourth-order valence-electron chi connectivity index (χ4n) is 3.16. The van der Waals surface area contributed by atoms with Crippen molar-refractivity contribution in [2.75, 3.05) is 26.7 Å². The standard InChI is InChI=1S/C18H24ClN5O3S/c1-14-15(19)7-6-8-17(14)28(26,27)22(2)11-12-24-13-16(20-21-24)18(25)23-9-4-3-5-10-23/h6-8,13H,3-5,9-12H2,1-2H3. The number of rotatable bonds is 6. The number of halogens is 1. The molecule has 0 radical (unpaired) electrons. The third-order valence-electron chi connectivity index (χ3n) is 4.95. The third-order valence-corrected chi connectivity index (χ3v) is 7.36. The molecule has 1 aromatic heterocycles. The molecular formula is C18H24ClN5O3S. The molecule has 152 valence electrons. The summed E-state index contributed by atoms with van der Waals surface area (Å²) in [6.45, 7) is 3.64. The van der Waals surface area contributed by atoms with Crippen LogP contribution in [0.3, 0.4) is 0 Å². The number of aromatic nitrogens is 3. The maximum absolute atomic E-state index is 12.8. The normalized spacial score (nSPS) is 15.2. The van der Waals surface area contributed by atoms with Crippen LogP contribution in [0.25, 0.3) is 0 Å². The van der Waals surface area contributed by atoms with Crippen molar-refractivity contribution in [3.05, 3.63) is 40.7 Å². The molecule has 10 heteroatoms. The molecule has 1 saturated heterocycles. The Morgan fingerprint density at radius 2 is 1.96 bits per heavy atom. The van der Waals surface area contributed by atoms with E-state index in [4.69, 9.17) is 11.6 Å². The molecule has 0 N–H and O–H groups in total. The zero-order valence-corrected chi connectivity index (χ0v) is 17.6.